The molecule has 0 radical (unpaired) electrons. The van der Waals surface area contributed by atoms with Crippen molar-refractivity contribution in [3.63, 3.8) is 0 Å². The van der Waals surface area contributed by atoms with E-state index in [1.54, 1.807) is 18.2 Å². The lowest BCUT2D eigenvalue weighted by molar-refractivity contribution is -0.136. The third kappa shape index (κ3) is 2.83. The topological polar surface area (TPSA) is 92.2 Å². The van der Waals surface area contributed by atoms with Crippen LogP contribution in [0.15, 0.2) is 44.9 Å². The molecule has 104 valence electrons. The average Bonchev–Trinajstić information content (AvgIpc) is 2.42. The maximum absolute atomic E-state index is 12.2. The van der Waals surface area contributed by atoms with Gasteiger partial charge in [0.2, 0.25) is 0 Å². The van der Waals surface area contributed by atoms with Crippen molar-refractivity contribution in [3.8, 4) is 5.69 Å². The number of nitrogens with zero attached hydrogens (tertiary/aromatic N) is 1. The quantitative estimate of drug-likeness (QED) is 0.816. The van der Waals surface area contributed by atoms with Crippen LogP contribution in [0, 0.1) is 0 Å². The van der Waals surface area contributed by atoms with E-state index < -0.39 is 23.6 Å². The molecule has 0 bridgehead atoms. The van der Waals surface area contributed by atoms with Gasteiger partial charge in [0.25, 0.3) is 5.56 Å². The van der Waals surface area contributed by atoms with E-state index in [1.807, 2.05) is 12.3 Å². The average molecular weight is 292 g/mol. The molecule has 1 heterocycles. The lowest BCUT2D eigenvalue weighted by Gasteiger charge is -2.07. The summed E-state index contributed by atoms with van der Waals surface area (Å²) in [7, 11) is 0. The Hall–Kier alpha value is -2.28. The second-order valence-electron chi connectivity index (χ2n) is 4.03. The minimum absolute atomic E-state index is 0.0339. The van der Waals surface area contributed by atoms with Crippen molar-refractivity contribution in [3.05, 3.63) is 56.9 Å². The number of nitrogens with one attached hydrogen (secondary N) is 1. The summed E-state index contributed by atoms with van der Waals surface area (Å²) in [4.78, 5) is 38.0. The predicted molar refractivity (Wildman–Crippen MR) is 75.8 cm³/mol. The van der Waals surface area contributed by atoms with Crippen LogP contribution >= 0.6 is 11.8 Å². The molecule has 0 spiro atoms. The number of rotatable bonds is 4. The van der Waals surface area contributed by atoms with E-state index in [9.17, 15) is 14.4 Å². The summed E-state index contributed by atoms with van der Waals surface area (Å²) >= 11 is 1.48. The molecule has 2 aromatic rings. The number of hydrogen-bond donors (Lipinski definition) is 2. The minimum Gasteiger partial charge on any atom is -0.481 e. The van der Waals surface area contributed by atoms with Crippen molar-refractivity contribution in [2.45, 2.75) is 11.3 Å². The van der Waals surface area contributed by atoms with E-state index >= 15 is 0 Å². The number of aliphatic carboxylic acids is 1. The molecular weight excluding hydrogens is 280 g/mol. The molecule has 6 nitrogen and oxygen atoms in total. The molecule has 7 heteroatoms. The second-order valence-corrected chi connectivity index (χ2v) is 4.91. The number of aromatic amines is 1. The third-order valence-corrected chi connectivity index (χ3v) is 3.43. The summed E-state index contributed by atoms with van der Waals surface area (Å²) in [6.45, 7) is 0. The molecular formula is C13H12N2O4S. The van der Waals surface area contributed by atoms with Gasteiger partial charge in [0.15, 0.2) is 0 Å². The predicted octanol–water partition coefficient (Wildman–Crippen LogP) is 0.875. The Bertz CT molecular complexity index is 763. The monoisotopic (exact) mass is 292 g/mol. The smallest absolute Gasteiger partial charge is 0.333 e. The van der Waals surface area contributed by atoms with Gasteiger partial charge < -0.3 is 10.1 Å². The fraction of sp³-hybridized carbons (Fsp3) is 0.154. The molecule has 2 N–H and O–H groups in total. The van der Waals surface area contributed by atoms with Gasteiger partial charge in [-0.2, -0.15) is 0 Å². The first kappa shape index (κ1) is 14.1. The molecule has 0 amide bonds. The largest absolute Gasteiger partial charge is 0.481 e. The van der Waals surface area contributed by atoms with Gasteiger partial charge in [0.1, 0.15) is 0 Å². The maximum atomic E-state index is 12.2. The van der Waals surface area contributed by atoms with Gasteiger partial charge in [-0.25, -0.2) is 9.36 Å². The first-order valence-electron chi connectivity index (χ1n) is 5.72. The highest BCUT2D eigenvalue weighted by Gasteiger charge is 2.12. The Morgan fingerprint density at radius 2 is 2.15 bits per heavy atom. The molecule has 1 aromatic carbocycles. The van der Waals surface area contributed by atoms with Crippen molar-refractivity contribution >= 4 is 17.7 Å². The number of aromatic nitrogens is 2. The highest BCUT2D eigenvalue weighted by Crippen LogP contribution is 2.16. The SMILES string of the molecule is CSc1cccc(-n2c(=O)[nH]cc(CC(=O)O)c2=O)c1. The lowest BCUT2D eigenvalue weighted by Crippen LogP contribution is -2.36. The number of carboxylic acids is 1. The molecule has 0 fully saturated rings. The van der Waals surface area contributed by atoms with Crippen LogP contribution in [0.2, 0.25) is 0 Å². The van der Waals surface area contributed by atoms with E-state index in [2.05, 4.69) is 4.98 Å². The fourth-order valence-electron chi connectivity index (χ4n) is 1.78. The van der Waals surface area contributed by atoms with Gasteiger partial charge in [-0.1, -0.05) is 6.07 Å². The molecule has 0 aliphatic carbocycles. The van der Waals surface area contributed by atoms with E-state index in [0.717, 1.165) is 15.7 Å². The van der Waals surface area contributed by atoms with Crippen molar-refractivity contribution in [2.75, 3.05) is 6.26 Å². The standard InChI is InChI=1S/C13H12N2O4S/c1-20-10-4-2-3-9(6-10)15-12(18)8(5-11(16)17)7-14-13(15)19/h2-4,6-7H,5H2,1H3,(H,14,19)(H,16,17). The highest BCUT2D eigenvalue weighted by molar-refractivity contribution is 7.98. The summed E-state index contributed by atoms with van der Waals surface area (Å²) in [5.74, 6) is -1.13. The summed E-state index contributed by atoms with van der Waals surface area (Å²) in [6, 6.07) is 6.91. The lowest BCUT2D eigenvalue weighted by atomic mass is 10.2. The van der Waals surface area contributed by atoms with E-state index in [-0.39, 0.29) is 5.56 Å². The maximum Gasteiger partial charge on any atom is 0.333 e. The van der Waals surface area contributed by atoms with Crippen molar-refractivity contribution in [1.29, 1.82) is 0 Å². The second kappa shape index (κ2) is 5.79. The molecule has 1 aromatic heterocycles. The van der Waals surface area contributed by atoms with Gasteiger partial charge in [0, 0.05) is 16.7 Å². The fourth-order valence-corrected chi connectivity index (χ4v) is 2.24. The third-order valence-electron chi connectivity index (χ3n) is 2.70. The molecule has 0 saturated carbocycles. The molecule has 0 aliphatic heterocycles. The molecule has 0 unspecified atom stereocenters. The number of thioether (sulfide) groups is 1. The van der Waals surface area contributed by atoms with Crippen molar-refractivity contribution in [1.82, 2.24) is 9.55 Å². The van der Waals surface area contributed by atoms with Crippen LogP contribution < -0.4 is 11.2 Å². The summed E-state index contributed by atoms with van der Waals surface area (Å²) in [6.07, 6.45) is 2.60. The van der Waals surface area contributed by atoms with Crippen molar-refractivity contribution in [2.24, 2.45) is 0 Å². The molecule has 0 atom stereocenters. The Kier molecular flexibility index (Phi) is 4.09. The summed E-state index contributed by atoms with van der Waals surface area (Å²) < 4.78 is 0.942. The van der Waals surface area contributed by atoms with Gasteiger partial charge in [-0.05, 0) is 24.5 Å². The van der Waals surface area contributed by atoms with Crippen LogP contribution in [-0.4, -0.2) is 26.9 Å². The summed E-state index contributed by atoms with van der Waals surface area (Å²) in [5.41, 5.74) is -0.765. The normalized spacial score (nSPS) is 10.4. The van der Waals surface area contributed by atoms with Crippen LogP contribution in [0.4, 0.5) is 0 Å². The number of benzene rings is 1. The van der Waals surface area contributed by atoms with Gasteiger partial charge in [-0.3, -0.25) is 9.59 Å². The van der Waals surface area contributed by atoms with E-state index in [0.29, 0.717) is 5.69 Å². The number of hydrogen-bond acceptors (Lipinski definition) is 4. The van der Waals surface area contributed by atoms with Crippen LogP contribution in [0.5, 0.6) is 0 Å². The zero-order chi connectivity index (χ0) is 14.7. The van der Waals surface area contributed by atoms with Crippen LogP contribution in [0.3, 0.4) is 0 Å². The minimum atomic E-state index is -1.13. The molecule has 0 saturated heterocycles. The van der Waals surface area contributed by atoms with Crippen molar-refractivity contribution < 1.29 is 9.90 Å². The number of carbonyl (C=O) groups is 1. The zero-order valence-electron chi connectivity index (χ0n) is 10.6. The van der Waals surface area contributed by atoms with Crippen LogP contribution in [0.25, 0.3) is 5.69 Å². The first-order chi connectivity index (χ1) is 9.52. The van der Waals surface area contributed by atoms with Crippen LogP contribution in [-0.2, 0) is 11.2 Å². The molecule has 20 heavy (non-hydrogen) atoms. The Labute approximate surface area is 118 Å². The number of carboxylic acid groups (broad SMARTS) is 1. The molecule has 0 aliphatic rings. The van der Waals surface area contributed by atoms with Gasteiger partial charge in [-0.15, -0.1) is 11.8 Å². The number of H-pyrrole nitrogens is 1. The Morgan fingerprint density at radius 1 is 1.40 bits per heavy atom. The Balaban J connectivity index is 2.63. The van der Waals surface area contributed by atoms with E-state index in [4.69, 9.17) is 5.11 Å². The molecule has 2 rings (SSSR count). The van der Waals surface area contributed by atoms with E-state index in [1.165, 1.54) is 11.8 Å². The van der Waals surface area contributed by atoms with Gasteiger partial charge >= 0.3 is 11.7 Å². The summed E-state index contributed by atoms with van der Waals surface area (Å²) in [5, 5.41) is 8.76. The highest BCUT2D eigenvalue weighted by atomic mass is 32.2. The zero-order valence-corrected chi connectivity index (χ0v) is 11.4. The van der Waals surface area contributed by atoms with Crippen LogP contribution in [0.1, 0.15) is 5.56 Å². The Morgan fingerprint density at radius 3 is 2.80 bits per heavy atom. The first-order valence-corrected chi connectivity index (χ1v) is 6.95. The van der Waals surface area contributed by atoms with Gasteiger partial charge in [0.05, 0.1) is 12.1 Å².